The van der Waals surface area contributed by atoms with Gasteiger partial charge in [-0.05, 0) is 125 Å². The second kappa shape index (κ2) is 32.9. The van der Waals surface area contributed by atoms with E-state index in [1.807, 2.05) is 34.1 Å². The Bertz CT molecular complexity index is 6310. The smallest absolute Gasteiger partial charge is 0.415 e. The van der Waals surface area contributed by atoms with E-state index in [1.165, 1.54) is 57.7 Å². The number of nitrogens with zero attached hydrogens (tertiary/aromatic N) is 15. The van der Waals surface area contributed by atoms with Crippen molar-refractivity contribution in [3.63, 3.8) is 0 Å². The van der Waals surface area contributed by atoms with Gasteiger partial charge in [0.15, 0.2) is 28.2 Å². The number of anilines is 12. The first-order valence-electron chi connectivity index (χ1n) is 39.1. The maximum absolute atomic E-state index is 14.7. The van der Waals surface area contributed by atoms with Crippen molar-refractivity contribution in [2.75, 3.05) is 169 Å². The number of likely N-dealkylation sites (tertiary alicyclic amines) is 3. The molecule has 0 bridgehead atoms. The lowest BCUT2D eigenvalue weighted by Crippen LogP contribution is -2.62. The van der Waals surface area contributed by atoms with Gasteiger partial charge >= 0.3 is 24.4 Å². The summed E-state index contributed by atoms with van der Waals surface area (Å²) in [6, 6.07) is 31.7. The highest BCUT2D eigenvalue weighted by molar-refractivity contribution is 6.32. The summed E-state index contributed by atoms with van der Waals surface area (Å²) in [4.78, 5) is 97.5. The van der Waals surface area contributed by atoms with Crippen molar-refractivity contribution in [2.24, 2.45) is 0 Å². The number of hydrogen-bond acceptors (Lipinski definition) is 28. The highest BCUT2D eigenvalue weighted by Gasteiger charge is 2.56. The van der Waals surface area contributed by atoms with Crippen molar-refractivity contribution >= 4 is 160 Å². The van der Waals surface area contributed by atoms with Crippen LogP contribution >= 0.6 is 23.2 Å². The van der Waals surface area contributed by atoms with Gasteiger partial charge in [-0.2, -0.15) is 0 Å². The molecule has 0 radical (unpaired) electrons. The van der Waals surface area contributed by atoms with Crippen LogP contribution in [0.25, 0.3) is 43.6 Å². The van der Waals surface area contributed by atoms with E-state index in [-0.39, 0.29) is 28.0 Å². The summed E-state index contributed by atoms with van der Waals surface area (Å²) in [5, 5.41) is 18.0. The fraction of sp³-hybridized carbons (Fsp3) is 0.302. The fourth-order valence-electron chi connectivity index (χ4n) is 16.6. The summed E-state index contributed by atoms with van der Waals surface area (Å²) >= 11 is 11.9. The first-order chi connectivity index (χ1) is 59.5. The molecule has 0 saturated carbocycles. The Morgan fingerprint density at radius 3 is 1.04 bits per heavy atom. The summed E-state index contributed by atoms with van der Waals surface area (Å²) in [5.74, 6) is 1.80. The molecule has 640 valence electrons. The number of likely N-dealkylation sites (N-methyl/N-ethyl adjacent to an activating group) is 3. The normalized spacial score (nSPS) is 17.5. The molecule has 38 heteroatoms. The van der Waals surface area contributed by atoms with Crippen molar-refractivity contribution in [3.8, 4) is 23.0 Å². The minimum atomic E-state index is -0.564. The standard InChI is InChI=1S/C22H21ClFN5O3.2C22H22FN5O3.C20H17ClFN5O3/c1-12-4-5-14(19(24)18(12)23)27-20-13-6-16(17(31-3)7-15(13)25-11-26-20)29-10-22(32-21(29)30)8-28(2)9-22;1-13-4-5-16(15(23)6-13)26-20-14-7-18(19(30-3)8-17(14)24-12-25-20)28-11-22(31-21(28)29)9-27(2)10-22;1-13-5-4-6-15(19(13)23)26-20-14-7-17(18(30-3)8-16(14)24-12-25-20)28-11-22(31-21(28)29)9-27(2)10-22;1-29-17-6-15-12(5-16(17)27-9-20(7-23-8-20)30-19(27)28)18(25-10-24-15)26-14-3-2-11(21)4-13(14)22/h4-7,11H,8-10H2,1-3H3,(H,25,26,27);2*4-8,12H,9-11H2,1-3H3,(H,24,25,26);2-6,10,23H,7-9H2,1H3,(H,24,25,26). The van der Waals surface area contributed by atoms with Crippen molar-refractivity contribution in [3.05, 3.63) is 191 Å². The molecule has 8 aromatic carbocycles. The van der Waals surface area contributed by atoms with Crippen molar-refractivity contribution in [1.29, 1.82) is 0 Å². The van der Waals surface area contributed by atoms with Gasteiger partial charge in [-0.25, -0.2) is 76.6 Å². The zero-order valence-electron chi connectivity index (χ0n) is 68.6. The van der Waals surface area contributed by atoms with Crippen molar-refractivity contribution in [2.45, 2.75) is 43.2 Å². The molecule has 20 rings (SSSR count). The molecule has 4 aromatic heterocycles. The first-order valence-corrected chi connectivity index (χ1v) is 39.9. The van der Waals surface area contributed by atoms with E-state index in [0.29, 0.717) is 219 Å². The minimum absolute atomic E-state index is 0.0475. The van der Waals surface area contributed by atoms with Gasteiger partial charge in [-0.3, -0.25) is 34.3 Å². The van der Waals surface area contributed by atoms with Crippen molar-refractivity contribution < 1.29 is 74.6 Å². The number of nitrogens with one attached hydrogen (secondary N) is 5. The largest absolute Gasteiger partial charge is 0.494 e. The number of aryl methyl sites for hydroxylation is 3. The Kier molecular flexibility index (Phi) is 22.0. The van der Waals surface area contributed by atoms with Crippen LogP contribution in [0.1, 0.15) is 16.7 Å². The molecular formula is C86H82Cl2F4N20O12. The predicted octanol–water partition coefficient (Wildman–Crippen LogP) is 14.5. The van der Waals surface area contributed by atoms with E-state index >= 15 is 0 Å². The highest BCUT2D eigenvalue weighted by atomic mass is 35.5. The highest BCUT2D eigenvalue weighted by Crippen LogP contribution is 2.47. The number of carbonyl (C=O) groups excluding carboxylic acids is 4. The van der Waals surface area contributed by atoms with Crippen LogP contribution in [0.2, 0.25) is 10.0 Å². The third-order valence-corrected chi connectivity index (χ3v) is 23.3. The molecule has 4 spiro atoms. The molecule has 4 amide bonds. The summed E-state index contributed by atoms with van der Waals surface area (Å²) in [5.41, 5.74) is 5.57. The number of rotatable bonds is 16. The number of methoxy groups -OCH3 is 4. The Balaban J connectivity index is 0.000000117. The fourth-order valence-corrected chi connectivity index (χ4v) is 16.9. The molecular weight excluding hydrogens is 1650 g/mol. The molecule has 124 heavy (non-hydrogen) atoms. The van der Waals surface area contributed by atoms with E-state index in [2.05, 4.69) is 81.2 Å². The molecule has 8 aliphatic heterocycles. The topological polar surface area (TPSA) is 328 Å². The molecule has 12 aromatic rings. The number of aromatic nitrogens is 8. The number of amides is 4. The van der Waals surface area contributed by atoms with E-state index in [4.69, 9.17) is 61.1 Å². The average molecular weight is 1730 g/mol. The van der Waals surface area contributed by atoms with Crippen LogP contribution < -0.4 is 65.1 Å². The maximum Gasteiger partial charge on any atom is 0.415 e. The SMILES string of the molecule is COc1cc2ncnc(Nc3ccc(C)c(Cl)c3F)c2cc1N1CC2(CN(C)C2)OC1=O.COc1cc2ncnc(Nc3ccc(C)cc3F)c2cc1N1CC2(CN(C)C2)OC1=O.COc1cc2ncnc(Nc3ccc(Cl)cc3F)c2cc1N1CC2(CNC2)OC1=O.COc1cc2ncnc(Nc3cccc(C)c3F)c2cc1N1CC2(CN(C)C2)OC1=O. The van der Waals surface area contributed by atoms with E-state index in [9.17, 15) is 36.7 Å². The van der Waals surface area contributed by atoms with Crippen molar-refractivity contribution in [1.82, 2.24) is 59.9 Å². The van der Waals surface area contributed by atoms with Crippen LogP contribution in [0.15, 0.2) is 141 Å². The van der Waals surface area contributed by atoms with Gasteiger partial charge in [-0.15, -0.1) is 0 Å². The summed E-state index contributed by atoms with van der Waals surface area (Å²) < 4.78 is 103. The lowest BCUT2D eigenvalue weighted by molar-refractivity contribution is -0.0603. The lowest BCUT2D eigenvalue weighted by atomic mass is 9.95. The quantitative estimate of drug-likeness (QED) is 0.0443. The van der Waals surface area contributed by atoms with E-state index in [0.717, 1.165) is 5.56 Å². The Hall–Kier alpha value is -13.3. The molecule has 0 atom stereocenters. The first kappa shape index (κ1) is 83.0. The zero-order chi connectivity index (χ0) is 87.0. The summed E-state index contributed by atoms with van der Waals surface area (Å²) in [6.45, 7) is 12.3. The molecule has 8 aliphatic rings. The van der Waals surface area contributed by atoms with Crippen LogP contribution in [0.3, 0.4) is 0 Å². The third-order valence-electron chi connectivity index (χ3n) is 22.6. The molecule has 8 fully saturated rings. The average Bonchev–Trinajstić information content (AvgIpc) is 1.57. The monoisotopic (exact) mass is 1730 g/mol. The number of benzene rings is 8. The molecule has 0 aliphatic carbocycles. The lowest BCUT2D eigenvalue weighted by Gasteiger charge is -2.43. The number of hydrogen-bond donors (Lipinski definition) is 5. The van der Waals surface area contributed by atoms with Crippen LogP contribution in [0.4, 0.5) is 106 Å². The second-order valence-corrected chi connectivity index (χ2v) is 32.6. The van der Waals surface area contributed by atoms with Gasteiger partial charge < -0.3 is 64.5 Å². The molecule has 5 N–H and O–H groups in total. The Labute approximate surface area is 716 Å². The van der Waals surface area contributed by atoms with Crippen LogP contribution in [0.5, 0.6) is 23.0 Å². The Morgan fingerprint density at radius 2 is 0.710 bits per heavy atom. The third kappa shape index (κ3) is 15.9. The summed E-state index contributed by atoms with van der Waals surface area (Å²) in [6.07, 6.45) is 3.85. The van der Waals surface area contributed by atoms with Gasteiger partial charge in [0.25, 0.3) is 0 Å². The van der Waals surface area contributed by atoms with Crippen LogP contribution in [0, 0.1) is 44.0 Å². The molecule has 32 nitrogen and oxygen atoms in total. The molecule has 8 saturated heterocycles. The van der Waals surface area contributed by atoms with Crippen LogP contribution in [-0.4, -0.2) is 229 Å². The van der Waals surface area contributed by atoms with Gasteiger partial charge in [0.1, 0.15) is 89.0 Å². The zero-order valence-corrected chi connectivity index (χ0v) is 70.2. The predicted molar refractivity (Wildman–Crippen MR) is 459 cm³/mol. The minimum Gasteiger partial charge on any atom is -0.494 e. The number of ether oxygens (including phenoxy) is 8. The van der Waals surface area contributed by atoms with E-state index in [1.54, 1.807) is 139 Å². The molecule has 12 heterocycles. The van der Waals surface area contributed by atoms with E-state index < -0.39 is 58.4 Å². The van der Waals surface area contributed by atoms with Gasteiger partial charge in [-0.1, -0.05) is 47.5 Å². The summed E-state index contributed by atoms with van der Waals surface area (Å²) in [7, 11) is 12.1. The van der Waals surface area contributed by atoms with Gasteiger partial charge in [0.05, 0.1) is 127 Å². The maximum atomic E-state index is 14.7. The Morgan fingerprint density at radius 1 is 0.379 bits per heavy atom. The van der Waals surface area contributed by atoms with Gasteiger partial charge in [0, 0.05) is 103 Å². The number of carbonyl (C=O) groups is 4. The number of fused-ring (bicyclic) bond motifs is 4. The van der Waals surface area contributed by atoms with Gasteiger partial charge in [0.2, 0.25) is 0 Å². The van der Waals surface area contributed by atoms with Crippen LogP contribution in [-0.2, 0) is 18.9 Å². The molecule has 0 unspecified atom stereocenters. The number of halogens is 6. The second-order valence-electron chi connectivity index (χ2n) is 31.8.